The number of nitrogens with two attached hydrogens (primary N) is 1. The lowest BCUT2D eigenvalue weighted by molar-refractivity contribution is -0.384. The Balaban J connectivity index is 2.37. The number of nitrogens with zero attached hydrogens (tertiary/aromatic N) is 2. The molecule has 98 valence electrons. The molecule has 1 aromatic rings. The molecule has 2 N–H and O–H groups in total. The lowest BCUT2D eigenvalue weighted by atomic mass is 9.98. The first-order chi connectivity index (χ1) is 8.49. The molecule has 1 aliphatic rings. The summed E-state index contributed by atoms with van der Waals surface area (Å²) in [7, 11) is 0. The molecule has 0 spiro atoms. The van der Waals surface area contributed by atoms with Crippen LogP contribution in [0, 0.1) is 10.1 Å². The average molecular weight is 314 g/mol. The minimum atomic E-state index is -0.330. The quantitative estimate of drug-likeness (QED) is 0.673. The van der Waals surface area contributed by atoms with E-state index in [0.717, 1.165) is 23.9 Å². The van der Waals surface area contributed by atoms with Gasteiger partial charge in [0.05, 0.1) is 4.92 Å². The first-order valence-electron chi connectivity index (χ1n) is 5.95. The van der Waals surface area contributed by atoms with E-state index in [1.54, 1.807) is 12.1 Å². The SMILES string of the molecule is CC1CC(N)CCN1c1cc(Br)ccc1[N+](=O)[O-]. The van der Waals surface area contributed by atoms with E-state index < -0.39 is 0 Å². The van der Waals surface area contributed by atoms with Crippen molar-refractivity contribution >= 4 is 27.3 Å². The monoisotopic (exact) mass is 313 g/mol. The van der Waals surface area contributed by atoms with Crippen LogP contribution in [0.3, 0.4) is 0 Å². The summed E-state index contributed by atoms with van der Waals surface area (Å²) >= 11 is 3.37. The summed E-state index contributed by atoms with van der Waals surface area (Å²) in [6, 6.07) is 5.47. The fourth-order valence-corrected chi connectivity index (χ4v) is 2.80. The molecule has 0 bridgehead atoms. The van der Waals surface area contributed by atoms with E-state index >= 15 is 0 Å². The molecule has 1 saturated heterocycles. The molecule has 0 aromatic heterocycles. The van der Waals surface area contributed by atoms with Gasteiger partial charge in [0, 0.05) is 29.2 Å². The van der Waals surface area contributed by atoms with E-state index in [-0.39, 0.29) is 22.7 Å². The number of hydrogen-bond acceptors (Lipinski definition) is 4. The van der Waals surface area contributed by atoms with Gasteiger partial charge in [-0.3, -0.25) is 10.1 Å². The van der Waals surface area contributed by atoms with Crippen molar-refractivity contribution in [2.75, 3.05) is 11.4 Å². The Hall–Kier alpha value is -1.14. The number of anilines is 1. The molecule has 2 unspecified atom stereocenters. The van der Waals surface area contributed by atoms with Crippen molar-refractivity contribution in [3.8, 4) is 0 Å². The second kappa shape index (κ2) is 5.24. The van der Waals surface area contributed by atoms with Gasteiger partial charge in [0.25, 0.3) is 5.69 Å². The molecule has 6 heteroatoms. The fourth-order valence-electron chi connectivity index (χ4n) is 2.45. The molecular formula is C12H16BrN3O2. The molecular weight excluding hydrogens is 298 g/mol. The van der Waals surface area contributed by atoms with Crippen molar-refractivity contribution in [1.29, 1.82) is 0 Å². The maximum Gasteiger partial charge on any atom is 0.292 e. The summed E-state index contributed by atoms with van der Waals surface area (Å²) in [6.07, 6.45) is 1.73. The summed E-state index contributed by atoms with van der Waals surface area (Å²) < 4.78 is 0.852. The first kappa shape index (κ1) is 13.3. The highest BCUT2D eigenvalue weighted by atomic mass is 79.9. The van der Waals surface area contributed by atoms with Gasteiger partial charge in [0.1, 0.15) is 5.69 Å². The van der Waals surface area contributed by atoms with Crippen LogP contribution in [-0.2, 0) is 0 Å². The number of benzene rings is 1. The predicted octanol–water partition coefficient (Wildman–Crippen LogP) is 2.67. The van der Waals surface area contributed by atoms with Crippen LogP contribution in [0.25, 0.3) is 0 Å². The standard InChI is InChI=1S/C12H16BrN3O2/c1-8-6-10(14)4-5-15(8)12-7-9(13)2-3-11(12)16(17)18/h2-3,7-8,10H,4-6,14H2,1H3. The summed E-state index contributed by atoms with van der Waals surface area (Å²) in [5.74, 6) is 0. The Kier molecular flexibility index (Phi) is 3.87. The van der Waals surface area contributed by atoms with Crippen LogP contribution in [0.2, 0.25) is 0 Å². The van der Waals surface area contributed by atoms with Crippen molar-refractivity contribution in [3.63, 3.8) is 0 Å². The Labute approximate surface area is 114 Å². The van der Waals surface area contributed by atoms with Crippen LogP contribution in [-0.4, -0.2) is 23.6 Å². The second-order valence-corrected chi connectivity index (χ2v) is 5.63. The number of hydrogen-bond donors (Lipinski definition) is 1. The Morgan fingerprint density at radius 3 is 2.89 bits per heavy atom. The Morgan fingerprint density at radius 2 is 2.28 bits per heavy atom. The molecule has 2 atom stereocenters. The molecule has 5 nitrogen and oxygen atoms in total. The van der Waals surface area contributed by atoms with Gasteiger partial charge in [-0.1, -0.05) is 15.9 Å². The maximum absolute atomic E-state index is 11.1. The minimum Gasteiger partial charge on any atom is -0.363 e. The predicted molar refractivity (Wildman–Crippen MR) is 74.8 cm³/mol. The van der Waals surface area contributed by atoms with Crippen molar-refractivity contribution < 1.29 is 4.92 Å². The number of piperidine rings is 1. The molecule has 0 aliphatic carbocycles. The van der Waals surface area contributed by atoms with Crippen LogP contribution in [0.15, 0.2) is 22.7 Å². The van der Waals surface area contributed by atoms with Crippen molar-refractivity contribution in [2.45, 2.75) is 31.8 Å². The third kappa shape index (κ3) is 2.64. The van der Waals surface area contributed by atoms with Crippen LogP contribution in [0.4, 0.5) is 11.4 Å². The number of nitro groups is 1. The largest absolute Gasteiger partial charge is 0.363 e. The van der Waals surface area contributed by atoms with Gasteiger partial charge >= 0.3 is 0 Å². The van der Waals surface area contributed by atoms with Gasteiger partial charge in [-0.15, -0.1) is 0 Å². The summed E-state index contributed by atoms with van der Waals surface area (Å²) in [5.41, 5.74) is 6.75. The van der Waals surface area contributed by atoms with Gasteiger partial charge in [-0.25, -0.2) is 0 Å². The number of rotatable bonds is 2. The molecule has 0 amide bonds. The topological polar surface area (TPSA) is 72.4 Å². The van der Waals surface area contributed by atoms with Crippen molar-refractivity contribution in [2.24, 2.45) is 5.73 Å². The lowest BCUT2D eigenvalue weighted by Gasteiger charge is -2.37. The van der Waals surface area contributed by atoms with E-state index in [1.165, 1.54) is 0 Å². The summed E-state index contributed by atoms with van der Waals surface area (Å²) in [4.78, 5) is 12.8. The molecule has 0 saturated carbocycles. The van der Waals surface area contributed by atoms with Crippen molar-refractivity contribution in [1.82, 2.24) is 0 Å². The van der Waals surface area contributed by atoms with Crippen molar-refractivity contribution in [3.05, 3.63) is 32.8 Å². The molecule has 1 heterocycles. The fraction of sp³-hybridized carbons (Fsp3) is 0.500. The molecule has 1 aliphatic heterocycles. The van der Waals surface area contributed by atoms with E-state index in [2.05, 4.69) is 27.8 Å². The first-order valence-corrected chi connectivity index (χ1v) is 6.74. The molecule has 1 fully saturated rings. The van der Waals surface area contributed by atoms with E-state index in [0.29, 0.717) is 5.69 Å². The second-order valence-electron chi connectivity index (χ2n) is 4.72. The van der Waals surface area contributed by atoms with Crippen LogP contribution in [0.5, 0.6) is 0 Å². The third-order valence-electron chi connectivity index (χ3n) is 3.36. The van der Waals surface area contributed by atoms with Gasteiger partial charge in [0.15, 0.2) is 0 Å². The van der Waals surface area contributed by atoms with Gasteiger partial charge in [-0.2, -0.15) is 0 Å². The van der Waals surface area contributed by atoms with Crippen LogP contribution in [0.1, 0.15) is 19.8 Å². The molecule has 1 aromatic carbocycles. The zero-order valence-electron chi connectivity index (χ0n) is 10.2. The third-order valence-corrected chi connectivity index (χ3v) is 3.85. The van der Waals surface area contributed by atoms with Gasteiger partial charge in [-0.05, 0) is 31.9 Å². The molecule has 0 radical (unpaired) electrons. The number of halogens is 1. The highest BCUT2D eigenvalue weighted by Gasteiger charge is 2.28. The van der Waals surface area contributed by atoms with E-state index in [1.807, 2.05) is 6.07 Å². The van der Waals surface area contributed by atoms with Crippen LogP contribution < -0.4 is 10.6 Å². The number of nitro benzene ring substituents is 1. The average Bonchev–Trinajstić information content (AvgIpc) is 2.28. The Bertz CT molecular complexity index is 467. The Morgan fingerprint density at radius 1 is 1.56 bits per heavy atom. The van der Waals surface area contributed by atoms with E-state index in [9.17, 15) is 10.1 Å². The highest BCUT2D eigenvalue weighted by Crippen LogP contribution is 2.34. The van der Waals surface area contributed by atoms with Crippen LogP contribution >= 0.6 is 15.9 Å². The normalized spacial score (nSPS) is 24.1. The maximum atomic E-state index is 11.1. The van der Waals surface area contributed by atoms with E-state index in [4.69, 9.17) is 5.73 Å². The van der Waals surface area contributed by atoms with Gasteiger partial charge in [0.2, 0.25) is 0 Å². The summed E-state index contributed by atoms with van der Waals surface area (Å²) in [6.45, 7) is 2.82. The molecule has 18 heavy (non-hydrogen) atoms. The minimum absolute atomic E-state index is 0.153. The zero-order valence-corrected chi connectivity index (χ0v) is 11.8. The zero-order chi connectivity index (χ0) is 13.3. The summed E-state index contributed by atoms with van der Waals surface area (Å²) in [5, 5.41) is 11.1. The lowest BCUT2D eigenvalue weighted by Crippen LogP contribution is -2.45. The molecule has 2 rings (SSSR count). The van der Waals surface area contributed by atoms with Gasteiger partial charge < -0.3 is 10.6 Å². The smallest absolute Gasteiger partial charge is 0.292 e. The highest BCUT2D eigenvalue weighted by molar-refractivity contribution is 9.10.